The lowest BCUT2D eigenvalue weighted by Gasteiger charge is -2.20. The Morgan fingerprint density at radius 2 is 2.17 bits per heavy atom. The van der Waals surface area contributed by atoms with Crippen LogP contribution in [0.15, 0.2) is 24.4 Å². The molecule has 5 nitrogen and oxygen atoms in total. The van der Waals surface area contributed by atoms with E-state index in [1.807, 2.05) is 36.9 Å². The van der Waals surface area contributed by atoms with Crippen molar-refractivity contribution in [1.29, 1.82) is 0 Å². The number of aryl methyl sites for hydroxylation is 2. The number of pyridine rings is 1. The summed E-state index contributed by atoms with van der Waals surface area (Å²) in [4.78, 5) is 6.41. The predicted molar refractivity (Wildman–Crippen MR) is 73.4 cm³/mol. The molecule has 2 aromatic rings. The van der Waals surface area contributed by atoms with Gasteiger partial charge in [0.05, 0.1) is 23.6 Å². The molecule has 0 spiro atoms. The second kappa shape index (κ2) is 5.08. The Balaban J connectivity index is 2.26. The van der Waals surface area contributed by atoms with Crippen molar-refractivity contribution in [3.63, 3.8) is 0 Å². The third-order valence-electron chi connectivity index (χ3n) is 2.93. The monoisotopic (exact) mass is 245 g/mol. The Hall–Kier alpha value is -2.04. The maximum absolute atomic E-state index is 6.09. The molecule has 18 heavy (non-hydrogen) atoms. The molecule has 0 aliphatic carbocycles. The van der Waals surface area contributed by atoms with Gasteiger partial charge in [-0.2, -0.15) is 5.10 Å². The highest BCUT2D eigenvalue weighted by atomic mass is 15.4. The SMILES string of the molecule is CCn1nc(C)c(N)c1N(C)Cc1ccccn1. The van der Waals surface area contributed by atoms with Gasteiger partial charge >= 0.3 is 0 Å². The van der Waals surface area contributed by atoms with Crippen molar-refractivity contribution in [2.75, 3.05) is 17.7 Å². The van der Waals surface area contributed by atoms with E-state index in [0.29, 0.717) is 0 Å². The second-order valence-electron chi connectivity index (χ2n) is 4.32. The molecule has 0 bridgehead atoms. The minimum atomic E-state index is 0.718. The molecule has 0 saturated carbocycles. The molecular formula is C13H19N5. The van der Waals surface area contributed by atoms with E-state index in [0.717, 1.165) is 36.0 Å². The number of aromatic nitrogens is 3. The molecule has 2 heterocycles. The fourth-order valence-electron chi connectivity index (χ4n) is 2.02. The average Bonchev–Trinajstić information content (AvgIpc) is 2.66. The summed E-state index contributed by atoms with van der Waals surface area (Å²) in [6.07, 6.45) is 1.80. The van der Waals surface area contributed by atoms with E-state index in [4.69, 9.17) is 5.73 Å². The zero-order valence-corrected chi connectivity index (χ0v) is 11.1. The van der Waals surface area contributed by atoms with Crippen molar-refractivity contribution in [2.45, 2.75) is 26.9 Å². The van der Waals surface area contributed by atoms with Crippen LogP contribution in [0.25, 0.3) is 0 Å². The largest absolute Gasteiger partial charge is 0.394 e. The van der Waals surface area contributed by atoms with Crippen LogP contribution >= 0.6 is 0 Å². The Kier molecular flexibility index (Phi) is 3.50. The molecule has 0 aliphatic heterocycles. The van der Waals surface area contributed by atoms with Gasteiger partial charge in [-0.15, -0.1) is 0 Å². The van der Waals surface area contributed by atoms with Gasteiger partial charge in [-0.1, -0.05) is 6.07 Å². The Morgan fingerprint density at radius 3 is 2.78 bits per heavy atom. The molecule has 0 fully saturated rings. The van der Waals surface area contributed by atoms with Gasteiger partial charge < -0.3 is 10.6 Å². The maximum atomic E-state index is 6.09. The molecule has 0 aliphatic rings. The summed E-state index contributed by atoms with van der Waals surface area (Å²) in [6.45, 7) is 5.51. The standard InChI is InChI=1S/C13H19N5/c1-4-18-13(12(14)10(2)16-18)17(3)9-11-7-5-6-8-15-11/h5-8H,4,9,14H2,1-3H3. The number of hydrogen-bond donors (Lipinski definition) is 1. The summed E-state index contributed by atoms with van der Waals surface area (Å²) in [6, 6.07) is 5.91. The van der Waals surface area contributed by atoms with Crippen molar-refractivity contribution in [1.82, 2.24) is 14.8 Å². The summed E-state index contributed by atoms with van der Waals surface area (Å²) in [7, 11) is 2.01. The van der Waals surface area contributed by atoms with E-state index in [1.165, 1.54) is 0 Å². The summed E-state index contributed by atoms with van der Waals surface area (Å²) in [5.41, 5.74) is 8.72. The van der Waals surface area contributed by atoms with E-state index >= 15 is 0 Å². The van der Waals surface area contributed by atoms with Crippen molar-refractivity contribution < 1.29 is 0 Å². The van der Waals surface area contributed by atoms with Gasteiger partial charge in [0.25, 0.3) is 0 Å². The van der Waals surface area contributed by atoms with Gasteiger partial charge in [-0.05, 0) is 26.0 Å². The van der Waals surface area contributed by atoms with E-state index in [2.05, 4.69) is 21.9 Å². The molecular weight excluding hydrogens is 226 g/mol. The summed E-state index contributed by atoms with van der Waals surface area (Å²) in [5, 5.41) is 4.42. The molecule has 0 radical (unpaired) electrons. The molecule has 2 aromatic heterocycles. The Morgan fingerprint density at radius 1 is 1.39 bits per heavy atom. The predicted octanol–water partition coefficient (Wildman–Crippen LogP) is 1.83. The minimum Gasteiger partial charge on any atom is -0.394 e. The van der Waals surface area contributed by atoms with Gasteiger partial charge in [0.1, 0.15) is 0 Å². The number of hydrogen-bond acceptors (Lipinski definition) is 4. The molecule has 0 saturated heterocycles. The third-order valence-corrected chi connectivity index (χ3v) is 2.93. The molecule has 96 valence electrons. The second-order valence-corrected chi connectivity index (χ2v) is 4.32. The first-order valence-electron chi connectivity index (χ1n) is 6.07. The molecule has 0 unspecified atom stereocenters. The summed E-state index contributed by atoms with van der Waals surface area (Å²) in [5.74, 6) is 0.959. The van der Waals surface area contributed by atoms with Gasteiger partial charge in [-0.25, -0.2) is 4.68 Å². The molecule has 0 aromatic carbocycles. The van der Waals surface area contributed by atoms with Crippen molar-refractivity contribution in [2.24, 2.45) is 0 Å². The smallest absolute Gasteiger partial charge is 0.150 e. The lowest BCUT2D eigenvalue weighted by atomic mass is 10.3. The van der Waals surface area contributed by atoms with E-state index in [-0.39, 0.29) is 0 Å². The lowest BCUT2D eigenvalue weighted by molar-refractivity contribution is 0.639. The number of nitrogens with zero attached hydrogens (tertiary/aromatic N) is 4. The van der Waals surface area contributed by atoms with Crippen molar-refractivity contribution in [3.8, 4) is 0 Å². The minimum absolute atomic E-state index is 0.718. The molecule has 0 atom stereocenters. The van der Waals surface area contributed by atoms with Crippen LogP contribution in [0.1, 0.15) is 18.3 Å². The van der Waals surface area contributed by atoms with Crippen molar-refractivity contribution >= 4 is 11.5 Å². The highest BCUT2D eigenvalue weighted by Gasteiger charge is 2.15. The average molecular weight is 245 g/mol. The van der Waals surface area contributed by atoms with E-state index in [9.17, 15) is 0 Å². The maximum Gasteiger partial charge on any atom is 0.150 e. The van der Waals surface area contributed by atoms with Gasteiger partial charge in [0.2, 0.25) is 0 Å². The lowest BCUT2D eigenvalue weighted by Crippen LogP contribution is -2.21. The zero-order chi connectivity index (χ0) is 13.1. The van der Waals surface area contributed by atoms with E-state index in [1.54, 1.807) is 6.20 Å². The molecule has 5 heteroatoms. The summed E-state index contributed by atoms with van der Waals surface area (Å²) >= 11 is 0. The first kappa shape index (κ1) is 12.4. The molecule has 2 N–H and O–H groups in total. The van der Waals surface area contributed by atoms with Crippen LogP contribution in [0.2, 0.25) is 0 Å². The number of nitrogens with two attached hydrogens (primary N) is 1. The van der Waals surface area contributed by atoms with Crippen molar-refractivity contribution in [3.05, 3.63) is 35.8 Å². The number of anilines is 2. The van der Waals surface area contributed by atoms with Crippen LogP contribution in [0.5, 0.6) is 0 Å². The van der Waals surface area contributed by atoms with Gasteiger partial charge in [-0.3, -0.25) is 4.98 Å². The first-order valence-corrected chi connectivity index (χ1v) is 6.07. The molecule has 0 amide bonds. The van der Waals surface area contributed by atoms with Crippen LogP contribution < -0.4 is 10.6 Å². The molecule has 2 rings (SSSR count). The summed E-state index contributed by atoms with van der Waals surface area (Å²) < 4.78 is 1.92. The fraction of sp³-hybridized carbons (Fsp3) is 0.385. The number of nitrogen functional groups attached to an aromatic ring is 1. The third kappa shape index (κ3) is 2.30. The van der Waals surface area contributed by atoms with Crippen LogP contribution in [0, 0.1) is 6.92 Å². The Bertz CT molecular complexity index is 518. The van der Waals surface area contributed by atoms with Crippen LogP contribution in [0.4, 0.5) is 11.5 Å². The number of rotatable bonds is 4. The normalized spacial score (nSPS) is 10.6. The van der Waals surface area contributed by atoms with Crippen LogP contribution in [-0.4, -0.2) is 21.8 Å². The quantitative estimate of drug-likeness (QED) is 0.892. The zero-order valence-electron chi connectivity index (χ0n) is 11.1. The highest BCUT2D eigenvalue weighted by molar-refractivity contribution is 5.65. The van der Waals surface area contributed by atoms with Crippen LogP contribution in [-0.2, 0) is 13.1 Å². The van der Waals surface area contributed by atoms with Gasteiger partial charge in [0.15, 0.2) is 5.82 Å². The van der Waals surface area contributed by atoms with E-state index < -0.39 is 0 Å². The van der Waals surface area contributed by atoms with Gasteiger partial charge in [0, 0.05) is 19.8 Å². The fourth-order valence-corrected chi connectivity index (χ4v) is 2.02. The Labute approximate surface area is 107 Å². The highest BCUT2D eigenvalue weighted by Crippen LogP contribution is 2.26. The van der Waals surface area contributed by atoms with Crippen LogP contribution in [0.3, 0.4) is 0 Å². The first-order chi connectivity index (χ1) is 8.63. The topological polar surface area (TPSA) is 60.0 Å².